The van der Waals surface area contributed by atoms with Crippen LogP contribution in [0.3, 0.4) is 0 Å². The fourth-order valence-electron chi connectivity index (χ4n) is 1.56. The van der Waals surface area contributed by atoms with Gasteiger partial charge in [0.25, 0.3) is 0 Å². The van der Waals surface area contributed by atoms with Crippen molar-refractivity contribution in [3.63, 3.8) is 0 Å². The SMILES string of the molecule is C=C(C)C(=O)OC(CC)CCC(O)[Si](C)(OC)OC.N[SiH3]. The molecule has 6 nitrogen and oxygen atoms in total. The standard InChI is InChI=1S/C13H26O5Si.H5NSi/c1-7-11(18-13(15)10(2)3)8-9-12(14)19(6,16-4)17-5;1-2/h11-12,14H,2,7-9H2,1,3-6H3;1H2,2H3. The summed E-state index contributed by atoms with van der Waals surface area (Å²) in [6.45, 7) is 8.90. The van der Waals surface area contributed by atoms with Crippen molar-refractivity contribution in [3.8, 4) is 0 Å². The van der Waals surface area contributed by atoms with Gasteiger partial charge >= 0.3 is 14.5 Å². The number of carbonyl (C=O) groups excluding carboxylic acids is 1. The van der Waals surface area contributed by atoms with Crippen molar-refractivity contribution in [3.05, 3.63) is 12.2 Å². The number of carbonyl (C=O) groups is 1. The number of hydrogen-bond donors (Lipinski definition) is 2. The van der Waals surface area contributed by atoms with Crippen LogP contribution in [-0.2, 0) is 18.4 Å². The van der Waals surface area contributed by atoms with Crippen LogP contribution in [0.5, 0.6) is 0 Å². The van der Waals surface area contributed by atoms with E-state index in [-0.39, 0.29) is 12.1 Å². The molecule has 0 saturated carbocycles. The lowest BCUT2D eigenvalue weighted by molar-refractivity contribution is -0.144. The third-order valence-electron chi connectivity index (χ3n) is 3.26. The zero-order chi connectivity index (χ0) is 17.1. The van der Waals surface area contributed by atoms with Crippen LogP contribution < -0.4 is 5.40 Å². The molecule has 0 aliphatic carbocycles. The molecule has 0 heterocycles. The lowest BCUT2D eigenvalue weighted by atomic mass is 10.1. The first kappa shape index (κ1) is 22.8. The zero-order valence-electron chi connectivity index (χ0n) is 14.1. The molecule has 0 aromatic rings. The number of nitrogens with two attached hydrogens (primary N) is 1. The summed E-state index contributed by atoms with van der Waals surface area (Å²) < 4.78 is 15.8. The Morgan fingerprint density at radius 2 is 1.81 bits per heavy atom. The summed E-state index contributed by atoms with van der Waals surface area (Å²) in [5, 5.41) is 14.7. The van der Waals surface area contributed by atoms with E-state index < -0.39 is 14.3 Å². The first-order valence-electron chi connectivity index (χ1n) is 7.03. The van der Waals surface area contributed by atoms with Crippen molar-refractivity contribution < 1.29 is 23.5 Å². The fourth-order valence-corrected chi connectivity index (χ4v) is 2.96. The third-order valence-corrected chi connectivity index (χ3v) is 6.38. The quantitative estimate of drug-likeness (QED) is 0.354. The van der Waals surface area contributed by atoms with E-state index in [1.54, 1.807) is 13.5 Å². The van der Waals surface area contributed by atoms with Crippen molar-refractivity contribution >= 4 is 24.9 Å². The molecule has 0 fully saturated rings. The maximum atomic E-state index is 11.4. The Bertz CT molecular complexity index is 311. The van der Waals surface area contributed by atoms with E-state index in [0.717, 1.165) is 10.4 Å². The predicted molar refractivity (Wildman–Crippen MR) is 90.0 cm³/mol. The minimum atomic E-state index is -2.54. The van der Waals surface area contributed by atoms with E-state index in [1.807, 2.05) is 6.92 Å². The molecule has 8 heteroatoms. The number of aliphatic hydroxyl groups excluding tert-OH is 1. The van der Waals surface area contributed by atoms with Gasteiger partial charge in [-0.15, -0.1) is 0 Å². The first-order chi connectivity index (χ1) is 9.80. The van der Waals surface area contributed by atoms with E-state index >= 15 is 0 Å². The Balaban J connectivity index is 0. The molecule has 21 heavy (non-hydrogen) atoms. The predicted octanol–water partition coefficient (Wildman–Crippen LogP) is 0.155. The lowest BCUT2D eigenvalue weighted by Crippen LogP contribution is -2.49. The summed E-state index contributed by atoms with van der Waals surface area (Å²) >= 11 is 0. The highest BCUT2D eigenvalue weighted by Crippen LogP contribution is 2.18. The number of hydrogen-bond acceptors (Lipinski definition) is 6. The fraction of sp³-hybridized carbons (Fsp3) is 0.769. The van der Waals surface area contributed by atoms with E-state index in [1.165, 1.54) is 14.2 Å². The average Bonchev–Trinajstić information content (AvgIpc) is 2.51. The number of esters is 1. The second-order valence-corrected chi connectivity index (χ2v) is 8.25. The second kappa shape index (κ2) is 12.1. The van der Waals surface area contributed by atoms with Gasteiger partial charge in [0.05, 0.1) is 16.1 Å². The van der Waals surface area contributed by atoms with Crippen molar-refractivity contribution in [1.29, 1.82) is 0 Å². The maximum absolute atomic E-state index is 11.4. The Morgan fingerprint density at radius 1 is 1.33 bits per heavy atom. The van der Waals surface area contributed by atoms with Gasteiger partial charge in [-0.2, -0.15) is 0 Å². The van der Waals surface area contributed by atoms with Crippen LogP contribution in [0.25, 0.3) is 0 Å². The highest BCUT2D eigenvalue weighted by molar-refractivity contribution is 6.67. The smallest absolute Gasteiger partial charge is 0.364 e. The molecule has 0 aromatic carbocycles. The van der Waals surface area contributed by atoms with Gasteiger partial charge in [0.15, 0.2) is 0 Å². The van der Waals surface area contributed by atoms with Crippen molar-refractivity contribution in [2.75, 3.05) is 14.2 Å². The molecular weight excluding hydrogens is 306 g/mol. The molecule has 2 atom stereocenters. The molecule has 0 amide bonds. The molecule has 0 radical (unpaired) electrons. The number of rotatable bonds is 9. The maximum Gasteiger partial charge on any atom is 0.364 e. The van der Waals surface area contributed by atoms with Crippen molar-refractivity contribution in [2.45, 2.75) is 51.5 Å². The molecule has 126 valence electrons. The highest BCUT2D eigenvalue weighted by Gasteiger charge is 2.38. The molecule has 0 bridgehead atoms. The van der Waals surface area contributed by atoms with Crippen LogP contribution in [0.4, 0.5) is 0 Å². The van der Waals surface area contributed by atoms with Crippen LogP contribution in [0.2, 0.25) is 6.55 Å². The Morgan fingerprint density at radius 3 is 2.14 bits per heavy atom. The Labute approximate surface area is 132 Å². The summed E-state index contributed by atoms with van der Waals surface area (Å²) in [5.41, 5.74) is -0.271. The summed E-state index contributed by atoms with van der Waals surface area (Å²) in [7, 11) is 1.34. The van der Waals surface area contributed by atoms with Crippen molar-refractivity contribution in [2.24, 2.45) is 5.40 Å². The molecule has 0 spiro atoms. The average molecular weight is 338 g/mol. The molecule has 2 unspecified atom stereocenters. The Kier molecular flexibility index (Phi) is 13.1. The van der Waals surface area contributed by atoms with Crippen LogP contribution in [-0.4, -0.2) is 56.1 Å². The van der Waals surface area contributed by atoms with Crippen LogP contribution >= 0.6 is 0 Å². The summed E-state index contributed by atoms with van der Waals surface area (Å²) in [5.74, 6) is -0.389. The van der Waals surface area contributed by atoms with Gasteiger partial charge in [-0.05, 0) is 32.7 Å². The van der Waals surface area contributed by atoms with E-state index in [2.05, 4.69) is 12.0 Å². The van der Waals surface area contributed by atoms with Gasteiger partial charge < -0.3 is 24.1 Å². The normalized spacial score (nSPS) is 13.9. The van der Waals surface area contributed by atoms with Gasteiger partial charge in [-0.3, -0.25) is 0 Å². The molecular formula is C13H31NO5Si2. The molecule has 0 aliphatic heterocycles. The zero-order valence-corrected chi connectivity index (χ0v) is 17.1. The van der Waals surface area contributed by atoms with E-state index in [4.69, 9.17) is 13.6 Å². The van der Waals surface area contributed by atoms with Gasteiger partial charge in [0.2, 0.25) is 0 Å². The van der Waals surface area contributed by atoms with Crippen LogP contribution in [0.15, 0.2) is 12.2 Å². The van der Waals surface area contributed by atoms with E-state index in [9.17, 15) is 9.90 Å². The highest BCUT2D eigenvalue weighted by atomic mass is 28.4. The van der Waals surface area contributed by atoms with Gasteiger partial charge in [-0.1, -0.05) is 13.5 Å². The van der Waals surface area contributed by atoms with Crippen molar-refractivity contribution in [1.82, 2.24) is 0 Å². The molecule has 0 aromatic heterocycles. The molecule has 3 N–H and O–H groups in total. The number of ether oxygens (including phenoxy) is 1. The van der Waals surface area contributed by atoms with Gasteiger partial charge in [0, 0.05) is 19.8 Å². The first-order valence-corrected chi connectivity index (χ1v) is 10.6. The minimum absolute atomic E-state index is 0.217. The summed E-state index contributed by atoms with van der Waals surface area (Å²) in [4.78, 5) is 11.4. The Hall–Kier alpha value is -0.516. The minimum Gasteiger partial charge on any atom is -0.459 e. The number of aliphatic hydroxyl groups is 1. The topological polar surface area (TPSA) is 91.0 Å². The van der Waals surface area contributed by atoms with Crippen LogP contribution in [0.1, 0.15) is 33.1 Å². The molecule has 0 saturated heterocycles. The lowest BCUT2D eigenvalue weighted by Gasteiger charge is -2.29. The third kappa shape index (κ3) is 8.49. The van der Waals surface area contributed by atoms with Gasteiger partial charge in [-0.25, -0.2) is 4.79 Å². The summed E-state index contributed by atoms with van der Waals surface area (Å²) in [6, 6.07) is 0. The largest absolute Gasteiger partial charge is 0.459 e. The summed E-state index contributed by atoms with van der Waals surface area (Å²) in [6.07, 6.45) is 1.54. The van der Waals surface area contributed by atoms with Gasteiger partial charge in [0.1, 0.15) is 6.10 Å². The second-order valence-electron chi connectivity index (χ2n) is 4.73. The molecule has 0 rings (SSSR count). The monoisotopic (exact) mass is 337 g/mol. The van der Waals surface area contributed by atoms with Crippen LogP contribution in [0, 0.1) is 0 Å². The molecule has 0 aliphatic rings. The van der Waals surface area contributed by atoms with E-state index in [0.29, 0.717) is 24.8 Å².